The molecule has 2 heterocycles. The van der Waals surface area contributed by atoms with Crippen LogP contribution < -0.4 is 5.32 Å². The summed E-state index contributed by atoms with van der Waals surface area (Å²) in [4.78, 5) is 2.42. The SMILES string of the molecule is CNC(CCN1CCn2cnnc2C1)c1ccccc1Cl. The summed E-state index contributed by atoms with van der Waals surface area (Å²) in [5, 5.41) is 12.3. The Morgan fingerprint density at radius 3 is 3.00 bits per heavy atom. The standard InChI is InChI=1S/C15H20ClN5/c1-17-14(12-4-2-3-5-13(12)16)6-7-20-8-9-21-11-18-19-15(21)10-20/h2-5,11,14,17H,6-10H2,1H3. The quantitative estimate of drug-likeness (QED) is 0.919. The fraction of sp³-hybridized carbons (Fsp3) is 0.467. The summed E-state index contributed by atoms with van der Waals surface area (Å²) < 4.78 is 2.13. The molecule has 1 atom stereocenters. The number of nitrogens with zero attached hydrogens (tertiary/aromatic N) is 4. The summed E-state index contributed by atoms with van der Waals surface area (Å²) in [5.41, 5.74) is 1.17. The predicted molar refractivity (Wildman–Crippen MR) is 83.2 cm³/mol. The third kappa shape index (κ3) is 3.26. The first-order valence-electron chi connectivity index (χ1n) is 7.28. The van der Waals surface area contributed by atoms with E-state index in [9.17, 15) is 0 Å². The van der Waals surface area contributed by atoms with Crippen LogP contribution in [0.4, 0.5) is 0 Å². The predicted octanol–water partition coefficient (Wildman–Crippen LogP) is 2.10. The van der Waals surface area contributed by atoms with Gasteiger partial charge in [0.05, 0.1) is 6.54 Å². The Labute approximate surface area is 129 Å². The van der Waals surface area contributed by atoms with Crippen molar-refractivity contribution < 1.29 is 0 Å². The van der Waals surface area contributed by atoms with E-state index in [0.29, 0.717) is 0 Å². The fourth-order valence-electron chi connectivity index (χ4n) is 2.83. The number of nitrogens with one attached hydrogen (secondary N) is 1. The van der Waals surface area contributed by atoms with Crippen molar-refractivity contribution in [3.05, 3.63) is 47.0 Å². The van der Waals surface area contributed by atoms with Gasteiger partial charge in [0.15, 0.2) is 0 Å². The van der Waals surface area contributed by atoms with Crippen LogP contribution >= 0.6 is 11.6 Å². The number of rotatable bonds is 5. The molecule has 0 spiro atoms. The second-order valence-corrected chi connectivity index (χ2v) is 5.78. The van der Waals surface area contributed by atoms with Crippen molar-refractivity contribution in [2.24, 2.45) is 0 Å². The normalized spacial score (nSPS) is 16.7. The lowest BCUT2D eigenvalue weighted by atomic mass is 10.0. The van der Waals surface area contributed by atoms with Crippen LogP contribution in [-0.2, 0) is 13.1 Å². The highest BCUT2D eigenvalue weighted by molar-refractivity contribution is 6.31. The third-order valence-electron chi connectivity index (χ3n) is 4.08. The molecule has 3 rings (SSSR count). The second kappa shape index (κ2) is 6.56. The maximum atomic E-state index is 6.30. The van der Waals surface area contributed by atoms with E-state index < -0.39 is 0 Å². The number of aromatic nitrogens is 3. The van der Waals surface area contributed by atoms with Crippen LogP contribution in [-0.4, -0.2) is 39.8 Å². The Hall–Kier alpha value is -1.43. The number of hydrogen-bond acceptors (Lipinski definition) is 4. The first kappa shape index (κ1) is 14.5. The molecule has 1 unspecified atom stereocenters. The van der Waals surface area contributed by atoms with Gasteiger partial charge in [0.2, 0.25) is 0 Å². The van der Waals surface area contributed by atoms with Crippen molar-refractivity contribution in [2.75, 3.05) is 20.1 Å². The lowest BCUT2D eigenvalue weighted by Gasteiger charge is -2.28. The van der Waals surface area contributed by atoms with E-state index in [-0.39, 0.29) is 6.04 Å². The lowest BCUT2D eigenvalue weighted by molar-refractivity contribution is 0.207. The van der Waals surface area contributed by atoms with Crippen molar-refractivity contribution in [1.82, 2.24) is 25.0 Å². The smallest absolute Gasteiger partial charge is 0.147 e. The molecule has 0 aliphatic carbocycles. The topological polar surface area (TPSA) is 46.0 Å². The van der Waals surface area contributed by atoms with Crippen LogP contribution in [0.3, 0.4) is 0 Å². The summed E-state index contributed by atoms with van der Waals surface area (Å²) in [6.45, 7) is 3.91. The highest BCUT2D eigenvalue weighted by atomic mass is 35.5. The van der Waals surface area contributed by atoms with Gasteiger partial charge in [-0.05, 0) is 25.1 Å². The molecule has 0 fully saturated rings. The summed E-state index contributed by atoms with van der Waals surface area (Å²) in [6, 6.07) is 8.32. The van der Waals surface area contributed by atoms with Crippen LogP contribution in [0.2, 0.25) is 5.02 Å². The first-order valence-corrected chi connectivity index (χ1v) is 7.66. The van der Waals surface area contributed by atoms with Crippen LogP contribution in [0.15, 0.2) is 30.6 Å². The molecule has 0 amide bonds. The van der Waals surface area contributed by atoms with Gasteiger partial charge in [-0.25, -0.2) is 0 Å². The molecule has 6 heteroatoms. The molecule has 21 heavy (non-hydrogen) atoms. The van der Waals surface area contributed by atoms with Gasteiger partial charge in [0.1, 0.15) is 12.2 Å². The van der Waals surface area contributed by atoms with E-state index in [2.05, 4.69) is 31.0 Å². The zero-order valence-corrected chi connectivity index (χ0v) is 12.9. The molecule has 2 aromatic rings. The molecule has 1 aromatic carbocycles. The van der Waals surface area contributed by atoms with Crippen molar-refractivity contribution in [3.8, 4) is 0 Å². The highest BCUT2D eigenvalue weighted by Crippen LogP contribution is 2.25. The first-order chi connectivity index (χ1) is 10.3. The van der Waals surface area contributed by atoms with Crippen molar-refractivity contribution in [2.45, 2.75) is 25.6 Å². The number of benzene rings is 1. The van der Waals surface area contributed by atoms with Gasteiger partial charge in [-0.1, -0.05) is 29.8 Å². The Bertz CT molecular complexity index is 597. The Kier molecular flexibility index (Phi) is 4.53. The molecule has 0 saturated heterocycles. The third-order valence-corrected chi connectivity index (χ3v) is 4.43. The van der Waals surface area contributed by atoms with Gasteiger partial charge >= 0.3 is 0 Å². The van der Waals surface area contributed by atoms with Crippen molar-refractivity contribution in [1.29, 1.82) is 0 Å². The zero-order valence-electron chi connectivity index (χ0n) is 12.2. The van der Waals surface area contributed by atoms with E-state index in [1.165, 1.54) is 5.56 Å². The van der Waals surface area contributed by atoms with Crippen LogP contribution in [0, 0.1) is 0 Å². The van der Waals surface area contributed by atoms with E-state index in [1.54, 1.807) is 0 Å². The van der Waals surface area contributed by atoms with E-state index in [4.69, 9.17) is 11.6 Å². The van der Waals surface area contributed by atoms with Crippen molar-refractivity contribution >= 4 is 11.6 Å². The molecule has 0 saturated carbocycles. The average molecular weight is 306 g/mol. The van der Waals surface area contributed by atoms with E-state index in [1.807, 2.05) is 31.6 Å². The van der Waals surface area contributed by atoms with Crippen LogP contribution in [0.1, 0.15) is 23.9 Å². The molecule has 1 aliphatic rings. The summed E-state index contributed by atoms with van der Waals surface area (Å²) in [7, 11) is 1.99. The summed E-state index contributed by atoms with van der Waals surface area (Å²) in [5.74, 6) is 1.06. The molecule has 1 aromatic heterocycles. The monoisotopic (exact) mass is 305 g/mol. The number of halogens is 1. The van der Waals surface area contributed by atoms with Crippen molar-refractivity contribution in [3.63, 3.8) is 0 Å². The van der Waals surface area contributed by atoms with Crippen LogP contribution in [0.5, 0.6) is 0 Å². The van der Waals surface area contributed by atoms with Gasteiger partial charge in [0.25, 0.3) is 0 Å². The molecule has 112 valence electrons. The Morgan fingerprint density at radius 1 is 1.33 bits per heavy atom. The van der Waals surface area contributed by atoms with Gasteiger partial charge < -0.3 is 9.88 Å². The van der Waals surface area contributed by atoms with Gasteiger partial charge in [-0.2, -0.15) is 0 Å². The minimum Gasteiger partial charge on any atom is -0.315 e. The largest absolute Gasteiger partial charge is 0.315 e. The summed E-state index contributed by atoms with van der Waals surface area (Å²) >= 11 is 6.30. The molecule has 5 nitrogen and oxygen atoms in total. The van der Waals surface area contributed by atoms with Gasteiger partial charge in [-0.15, -0.1) is 10.2 Å². The van der Waals surface area contributed by atoms with E-state index in [0.717, 1.165) is 43.4 Å². The number of fused-ring (bicyclic) bond motifs is 1. The molecule has 1 aliphatic heterocycles. The molecule has 0 bridgehead atoms. The zero-order chi connectivity index (χ0) is 14.7. The second-order valence-electron chi connectivity index (χ2n) is 5.37. The molecular weight excluding hydrogens is 286 g/mol. The average Bonchev–Trinajstić information content (AvgIpc) is 2.97. The molecular formula is C15H20ClN5. The molecule has 1 N–H and O–H groups in total. The molecule has 0 radical (unpaired) electrons. The van der Waals surface area contributed by atoms with Crippen LogP contribution in [0.25, 0.3) is 0 Å². The Morgan fingerprint density at radius 2 is 2.19 bits per heavy atom. The minimum absolute atomic E-state index is 0.276. The Balaban J connectivity index is 1.60. The van der Waals surface area contributed by atoms with Gasteiger partial charge in [-0.3, -0.25) is 4.90 Å². The lowest BCUT2D eigenvalue weighted by Crippen LogP contribution is -2.35. The van der Waals surface area contributed by atoms with E-state index >= 15 is 0 Å². The number of hydrogen-bond donors (Lipinski definition) is 1. The van der Waals surface area contributed by atoms with Gasteiger partial charge in [0, 0.05) is 30.7 Å². The highest BCUT2D eigenvalue weighted by Gasteiger charge is 2.19. The maximum absolute atomic E-state index is 6.30. The fourth-order valence-corrected chi connectivity index (χ4v) is 3.10. The maximum Gasteiger partial charge on any atom is 0.147 e. The minimum atomic E-state index is 0.276. The summed E-state index contributed by atoms with van der Waals surface area (Å²) in [6.07, 6.45) is 2.83.